The SMILES string of the molecule is c1ccc2cc3c(cc2c1)C1CCC3C2OC12. The van der Waals surface area contributed by atoms with Crippen molar-refractivity contribution in [3.8, 4) is 0 Å². The molecule has 2 fully saturated rings. The van der Waals surface area contributed by atoms with Crippen molar-refractivity contribution in [1.82, 2.24) is 0 Å². The van der Waals surface area contributed by atoms with E-state index in [2.05, 4.69) is 36.4 Å². The lowest BCUT2D eigenvalue weighted by Crippen LogP contribution is -2.29. The molecule has 4 unspecified atom stereocenters. The van der Waals surface area contributed by atoms with Crippen LogP contribution in [-0.4, -0.2) is 12.2 Å². The molecule has 2 aromatic carbocycles. The van der Waals surface area contributed by atoms with Crippen LogP contribution in [0.15, 0.2) is 36.4 Å². The Morgan fingerprint density at radius 2 is 1.35 bits per heavy atom. The number of hydrogen-bond acceptors (Lipinski definition) is 1. The van der Waals surface area contributed by atoms with E-state index in [0.29, 0.717) is 24.0 Å². The Morgan fingerprint density at radius 1 is 0.824 bits per heavy atom. The summed E-state index contributed by atoms with van der Waals surface area (Å²) in [5.41, 5.74) is 3.16. The molecule has 1 heterocycles. The quantitative estimate of drug-likeness (QED) is 0.621. The van der Waals surface area contributed by atoms with E-state index in [4.69, 9.17) is 4.74 Å². The second-order valence-electron chi connectivity index (χ2n) is 5.68. The highest BCUT2D eigenvalue weighted by atomic mass is 16.6. The molecule has 0 spiro atoms. The zero-order valence-corrected chi connectivity index (χ0v) is 9.60. The minimum atomic E-state index is 0.558. The normalized spacial score (nSPS) is 36.7. The number of benzene rings is 2. The Kier molecular flexibility index (Phi) is 1.40. The molecule has 1 aliphatic heterocycles. The largest absolute Gasteiger partial charge is 0.368 e. The van der Waals surface area contributed by atoms with Crippen LogP contribution in [-0.2, 0) is 4.74 Å². The molecule has 2 aromatic rings. The number of ether oxygens (including phenoxy) is 1. The Labute approximate surface area is 100 Å². The van der Waals surface area contributed by atoms with E-state index < -0.39 is 0 Å². The predicted molar refractivity (Wildman–Crippen MR) is 67.3 cm³/mol. The summed E-state index contributed by atoms with van der Waals surface area (Å²) in [6.07, 6.45) is 3.78. The molecule has 6 rings (SSSR count). The van der Waals surface area contributed by atoms with Gasteiger partial charge in [0.05, 0.1) is 12.2 Å². The lowest BCUT2D eigenvalue weighted by Gasteiger charge is -2.35. The predicted octanol–water partition coefficient (Wildman–Crippen LogP) is 3.58. The fraction of sp³-hybridized carbons (Fsp3) is 0.375. The molecular formula is C16H14O. The van der Waals surface area contributed by atoms with Crippen molar-refractivity contribution in [2.75, 3.05) is 0 Å². The van der Waals surface area contributed by atoms with Gasteiger partial charge in [0, 0.05) is 11.8 Å². The van der Waals surface area contributed by atoms with Gasteiger partial charge in [-0.05, 0) is 34.7 Å². The highest BCUT2D eigenvalue weighted by Gasteiger charge is 2.57. The van der Waals surface area contributed by atoms with Crippen LogP contribution in [0.1, 0.15) is 35.8 Å². The smallest absolute Gasteiger partial charge is 0.0916 e. The van der Waals surface area contributed by atoms with Gasteiger partial charge in [-0.25, -0.2) is 0 Å². The Bertz CT molecular complexity index is 576. The molecule has 4 aliphatic rings. The molecule has 0 amide bonds. The fourth-order valence-electron chi connectivity index (χ4n) is 4.05. The summed E-state index contributed by atoms with van der Waals surface area (Å²) in [5.74, 6) is 1.37. The van der Waals surface area contributed by atoms with Crippen molar-refractivity contribution in [2.45, 2.75) is 36.9 Å². The maximum absolute atomic E-state index is 5.87. The lowest BCUT2D eigenvalue weighted by molar-refractivity contribution is 0.361. The van der Waals surface area contributed by atoms with Gasteiger partial charge in [0.2, 0.25) is 0 Å². The number of epoxide rings is 1. The van der Waals surface area contributed by atoms with E-state index in [-0.39, 0.29) is 0 Å². The van der Waals surface area contributed by atoms with Crippen LogP contribution in [0, 0.1) is 0 Å². The molecule has 0 N–H and O–H groups in total. The van der Waals surface area contributed by atoms with E-state index in [1.165, 1.54) is 23.6 Å². The Hall–Kier alpha value is -1.34. The zero-order valence-electron chi connectivity index (χ0n) is 9.60. The first-order valence-electron chi connectivity index (χ1n) is 6.60. The van der Waals surface area contributed by atoms with Crippen molar-refractivity contribution >= 4 is 10.8 Å². The Morgan fingerprint density at radius 3 is 1.88 bits per heavy atom. The summed E-state index contributed by atoms with van der Waals surface area (Å²) in [6.45, 7) is 0. The van der Waals surface area contributed by atoms with Gasteiger partial charge < -0.3 is 4.74 Å². The van der Waals surface area contributed by atoms with Gasteiger partial charge in [-0.15, -0.1) is 0 Å². The second kappa shape index (κ2) is 2.73. The maximum Gasteiger partial charge on any atom is 0.0916 e. The minimum Gasteiger partial charge on any atom is -0.368 e. The second-order valence-corrected chi connectivity index (χ2v) is 5.68. The fourth-order valence-corrected chi connectivity index (χ4v) is 4.05. The summed E-state index contributed by atoms with van der Waals surface area (Å²) < 4.78 is 5.87. The first kappa shape index (κ1) is 8.71. The average molecular weight is 222 g/mol. The van der Waals surface area contributed by atoms with E-state index in [9.17, 15) is 0 Å². The van der Waals surface area contributed by atoms with Gasteiger partial charge >= 0.3 is 0 Å². The molecule has 84 valence electrons. The maximum atomic E-state index is 5.87. The third kappa shape index (κ3) is 0.992. The number of rotatable bonds is 0. The highest BCUT2D eigenvalue weighted by Crippen LogP contribution is 2.59. The van der Waals surface area contributed by atoms with Gasteiger partial charge in [-0.3, -0.25) is 0 Å². The monoisotopic (exact) mass is 222 g/mol. The summed E-state index contributed by atoms with van der Waals surface area (Å²) >= 11 is 0. The molecule has 2 bridgehead atoms. The van der Waals surface area contributed by atoms with Gasteiger partial charge in [-0.1, -0.05) is 36.4 Å². The first-order valence-corrected chi connectivity index (χ1v) is 6.60. The van der Waals surface area contributed by atoms with Crippen molar-refractivity contribution < 1.29 is 4.74 Å². The lowest BCUT2D eigenvalue weighted by atomic mass is 9.66. The van der Waals surface area contributed by atoms with Crippen LogP contribution in [0.5, 0.6) is 0 Å². The molecule has 1 nitrogen and oxygen atoms in total. The van der Waals surface area contributed by atoms with Crippen molar-refractivity contribution in [3.05, 3.63) is 47.5 Å². The molecule has 17 heavy (non-hydrogen) atoms. The molecule has 4 atom stereocenters. The van der Waals surface area contributed by atoms with Crippen LogP contribution in [0.3, 0.4) is 0 Å². The van der Waals surface area contributed by atoms with Crippen LogP contribution in [0.25, 0.3) is 10.8 Å². The summed E-state index contributed by atoms with van der Waals surface area (Å²) in [6, 6.07) is 13.5. The number of fused-ring (bicyclic) bond motifs is 2. The number of hydrogen-bond donors (Lipinski definition) is 0. The van der Waals surface area contributed by atoms with Crippen LogP contribution < -0.4 is 0 Å². The molecule has 1 heteroatoms. The molecule has 0 aromatic heterocycles. The van der Waals surface area contributed by atoms with E-state index >= 15 is 0 Å². The van der Waals surface area contributed by atoms with Gasteiger partial charge in [0.15, 0.2) is 0 Å². The summed E-state index contributed by atoms with van der Waals surface area (Å²) in [4.78, 5) is 0. The molecule has 1 saturated heterocycles. The zero-order chi connectivity index (χ0) is 11.0. The third-order valence-corrected chi connectivity index (χ3v) is 4.89. The standard InChI is InChI=1S/C16H14O/c1-2-4-10-8-14-12-6-5-11(15-16(12)17-15)13(14)7-9(10)3-1/h1-4,7-8,11-12,15-16H,5-6H2. The van der Waals surface area contributed by atoms with Crippen LogP contribution in [0.2, 0.25) is 0 Å². The van der Waals surface area contributed by atoms with Gasteiger partial charge in [0.1, 0.15) is 0 Å². The minimum absolute atomic E-state index is 0.558. The topological polar surface area (TPSA) is 12.5 Å². The summed E-state index contributed by atoms with van der Waals surface area (Å²) in [5, 5.41) is 2.77. The molecule has 1 saturated carbocycles. The van der Waals surface area contributed by atoms with Crippen LogP contribution in [0.4, 0.5) is 0 Å². The average Bonchev–Trinajstić information content (AvgIpc) is 3.18. The van der Waals surface area contributed by atoms with E-state index in [0.717, 1.165) is 0 Å². The van der Waals surface area contributed by atoms with Crippen LogP contribution >= 0.6 is 0 Å². The van der Waals surface area contributed by atoms with Gasteiger partial charge in [0.25, 0.3) is 0 Å². The molecular weight excluding hydrogens is 208 g/mol. The Balaban J connectivity index is 1.84. The summed E-state index contributed by atoms with van der Waals surface area (Å²) in [7, 11) is 0. The van der Waals surface area contributed by atoms with Gasteiger partial charge in [-0.2, -0.15) is 0 Å². The van der Waals surface area contributed by atoms with E-state index in [1.807, 2.05) is 0 Å². The first-order chi connectivity index (χ1) is 8.42. The molecule has 3 aliphatic carbocycles. The van der Waals surface area contributed by atoms with Crippen molar-refractivity contribution in [1.29, 1.82) is 0 Å². The van der Waals surface area contributed by atoms with Crippen molar-refractivity contribution in [2.24, 2.45) is 0 Å². The van der Waals surface area contributed by atoms with Crippen molar-refractivity contribution in [3.63, 3.8) is 0 Å². The molecule has 0 radical (unpaired) electrons. The van der Waals surface area contributed by atoms with E-state index in [1.54, 1.807) is 11.1 Å². The highest BCUT2D eigenvalue weighted by molar-refractivity contribution is 5.85. The third-order valence-electron chi connectivity index (χ3n) is 4.89.